The second kappa shape index (κ2) is 6.59. The molecular formula is C17H15F2N5O3S2. The maximum atomic E-state index is 14.8. The molecule has 152 valence electrons. The van der Waals surface area contributed by atoms with E-state index in [-0.39, 0.29) is 16.7 Å². The van der Waals surface area contributed by atoms with Crippen LogP contribution in [0.2, 0.25) is 0 Å². The van der Waals surface area contributed by atoms with E-state index in [2.05, 4.69) is 15.2 Å². The Morgan fingerprint density at radius 2 is 1.97 bits per heavy atom. The van der Waals surface area contributed by atoms with Crippen LogP contribution < -0.4 is 5.73 Å². The highest BCUT2D eigenvalue weighted by molar-refractivity contribution is 7.89. The molecule has 0 fully saturated rings. The first kappa shape index (κ1) is 19.5. The highest BCUT2D eigenvalue weighted by atomic mass is 32.2. The van der Waals surface area contributed by atoms with Crippen molar-refractivity contribution < 1.29 is 21.6 Å². The average Bonchev–Trinajstić information content (AvgIpc) is 3.29. The van der Waals surface area contributed by atoms with Crippen molar-refractivity contribution in [3.05, 3.63) is 47.2 Å². The van der Waals surface area contributed by atoms with E-state index in [0.29, 0.717) is 16.0 Å². The Morgan fingerprint density at radius 1 is 1.24 bits per heavy atom. The van der Waals surface area contributed by atoms with Gasteiger partial charge in [0.05, 0.1) is 10.6 Å². The Balaban J connectivity index is 1.80. The minimum atomic E-state index is -3.75. The third-order valence-corrected chi connectivity index (χ3v) is 7.89. The molecule has 0 saturated heterocycles. The van der Waals surface area contributed by atoms with Gasteiger partial charge in [0, 0.05) is 17.5 Å². The first-order valence-corrected chi connectivity index (χ1v) is 10.7. The van der Waals surface area contributed by atoms with Crippen molar-refractivity contribution in [1.82, 2.24) is 14.5 Å². The highest BCUT2D eigenvalue weighted by Gasteiger charge is 2.43. The molecule has 0 spiro atoms. The summed E-state index contributed by atoms with van der Waals surface area (Å²) in [6.07, 6.45) is 1.12. The van der Waals surface area contributed by atoms with Crippen LogP contribution in [0, 0.1) is 11.6 Å². The largest absolute Gasteiger partial charge is 0.423 e. The number of guanidine groups is 1. The van der Waals surface area contributed by atoms with E-state index in [4.69, 9.17) is 10.2 Å². The van der Waals surface area contributed by atoms with Crippen molar-refractivity contribution in [2.75, 3.05) is 12.8 Å². The van der Waals surface area contributed by atoms with Gasteiger partial charge in [0.1, 0.15) is 17.2 Å². The van der Waals surface area contributed by atoms with Gasteiger partial charge in [-0.15, -0.1) is 21.5 Å². The van der Waals surface area contributed by atoms with Crippen LogP contribution in [0.1, 0.15) is 11.8 Å². The lowest BCUT2D eigenvalue weighted by molar-refractivity contribution is 0.466. The van der Waals surface area contributed by atoms with E-state index < -0.39 is 32.9 Å². The summed E-state index contributed by atoms with van der Waals surface area (Å²) in [5.41, 5.74) is 5.05. The quantitative estimate of drug-likeness (QED) is 0.671. The van der Waals surface area contributed by atoms with Crippen LogP contribution in [-0.2, 0) is 15.6 Å². The van der Waals surface area contributed by atoms with Crippen LogP contribution in [0.15, 0.2) is 40.1 Å². The zero-order valence-electron chi connectivity index (χ0n) is 15.3. The Hall–Kier alpha value is -2.86. The second-order valence-electron chi connectivity index (χ2n) is 6.73. The lowest BCUT2D eigenvalue weighted by Crippen LogP contribution is -2.50. The lowest BCUT2D eigenvalue weighted by Gasteiger charge is -2.33. The summed E-state index contributed by atoms with van der Waals surface area (Å²) in [4.78, 5) is 4.69. The van der Waals surface area contributed by atoms with Crippen molar-refractivity contribution in [3.8, 4) is 21.9 Å². The molecule has 3 heterocycles. The molecule has 12 heteroatoms. The molecule has 1 aromatic carbocycles. The van der Waals surface area contributed by atoms with Crippen LogP contribution in [0.3, 0.4) is 0 Å². The lowest BCUT2D eigenvalue weighted by atomic mass is 10.0. The molecule has 1 atom stereocenters. The van der Waals surface area contributed by atoms with E-state index >= 15 is 0 Å². The zero-order valence-corrected chi connectivity index (χ0v) is 16.9. The third kappa shape index (κ3) is 3.38. The Kier molecular flexibility index (Phi) is 4.42. The molecule has 1 aliphatic heterocycles. The molecule has 0 amide bonds. The van der Waals surface area contributed by atoms with Crippen molar-refractivity contribution in [3.63, 3.8) is 0 Å². The van der Waals surface area contributed by atoms with Crippen LogP contribution in [0.4, 0.5) is 8.78 Å². The van der Waals surface area contributed by atoms with Gasteiger partial charge in [-0.25, -0.2) is 26.5 Å². The van der Waals surface area contributed by atoms with E-state index in [1.165, 1.54) is 32.2 Å². The zero-order chi connectivity index (χ0) is 21.0. The molecular weight excluding hydrogens is 424 g/mol. The number of rotatable bonds is 3. The fourth-order valence-electron chi connectivity index (χ4n) is 3.10. The molecule has 0 radical (unpaired) electrons. The molecule has 1 aliphatic rings. The minimum absolute atomic E-state index is 0.0933. The SMILES string of the molecule is CN1C(N)=NC(C)(c2sc(-c3cc(F)cc(-c4nnco4)c3)cc2F)CS1(=O)=O. The number of sulfonamides is 1. The van der Waals surface area contributed by atoms with Crippen LogP contribution in [0.25, 0.3) is 21.9 Å². The summed E-state index contributed by atoms with van der Waals surface area (Å²) < 4.78 is 59.7. The fraction of sp³-hybridized carbons (Fsp3) is 0.235. The van der Waals surface area contributed by atoms with Gasteiger partial charge in [-0.3, -0.25) is 0 Å². The molecule has 0 aliphatic carbocycles. The van der Waals surface area contributed by atoms with Gasteiger partial charge in [0.15, 0.2) is 0 Å². The second-order valence-corrected chi connectivity index (χ2v) is 9.78. The molecule has 4 rings (SSSR count). The number of thiophene rings is 1. The van der Waals surface area contributed by atoms with Gasteiger partial charge in [-0.1, -0.05) is 0 Å². The number of hydrogen-bond acceptors (Lipinski definition) is 8. The summed E-state index contributed by atoms with van der Waals surface area (Å²) in [5.74, 6) is -1.76. The summed E-state index contributed by atoms with van der Waals surface area (Å²) in [5, 5.41) is 7.31. The number of benzene rings is 1. The van der Waals surface area contributed by atoms with E-state index in [9.17, 15) is 17.2 Å². The normalized spacial score (nSPS) is 21.2. The molecule has 1 unspecified atom stereocenters. The van der Waals surface area contributed by atoms with Gasteiger partial charge < -0.3 is 10.2 Å². The Morgan fingerprint density at radius 3 is 2.62 bits per heavy atom. The average molecular weight is 439 g/mol. The first-order valence-electron chi connectivity index (χ1n) is 8.28. The smallest absolute Gasteiger partial charge is 0.247 e. The summed E-state index contributed by atoms with van der Waals surface area (Å²) in [7, 11) is -2.46. The standard InChI is InChI=1S/C17H15F2N5O3S2/c1-17(7-29(25,26)24(2)16(20)22-17)14-12(19)6-13(28-14)9-3-10(5-11(18)4-9)15-23-21-8-27-15/h3-6,8H,7H2,1-2H3,(H2,20,22). The molecule has 2 N–H and O–H groups in total. The number of hydrogen-bond donors (Lipinski definition) is 1. The first-order chi connectivity index (χ1) is 13.6. The molecule has 3 aromatic rings. The van der Waals surface area contributed by atoms with Crippen LogP contribution in [0.5, 0.6) is 0 Å². The summed E-state index contributed by atoms with van der Waals surface area (Å²) in [6, 6.07) is 5.25. The van der Waals surface area contributed by atoms with E-state index in [1.807, 2.05) is 0 Å². The predicted octanol–water partition coefficient (Wildman–Crippen LogP) is 2.55. The molecule has 0 saturated carbocycles. The Labute approximate surface area is 168 Å². The van der Waals surface area contributed by atoms with Gasteiger partial charge in [0.25, 0.3) is 0 Å². The maximum absolute atomic E-state index is 14.8. The van der Waals surface area contributed by atoms with Crippen LogP contribution >= 0.6 is 11.3 Å². The molecule has 2 aromatic heterocycles. The van der Waals surface area contributed by atoms with E-state index in [0.717, 1.165) is 22.0 Å². The minimum Gasteiger partial charge on any atom is -0.423 e. The molecule has 29 heavy (non-hydrogen) atoms. The van der Waals surface area contributed by atoms with E-state index in [1.54, 1.807) is 6.07 Å². The van der Waals surface area contributed by atoms with Gasteiger partial charge in [-0.05, 0) is 36.8 Å². The number of aromatic nitrogens is 2. The predicted molar refractivity (Wildman–Crippen MR) is 103 cm³/mol. The summed E-state index contributed by atoms with van der Waals surface area (Å²) in [6.45, 7) is 1.50. The number of halogens is 2. The fourth-order valence-corrected chi connectivity index (χ4v) is 5.74. The number of aliphatic imine (C=N–C) groups is 1. The highest BCUT2D eigenvalue weighted by Crippen LogP contribution is 2.42. The molecule has 0 bridgehead atoms. The Bertz CT molecular complexity index is 1220. The van der Waals surface area contributed by atoms with Gasteiger partial charge in [-0.2, -0.15) is 0 Å². The van der Waals surface area contributed by atoms with Crippen molar-refractivity contribution >= 4 is 27.3 Å². The van der Waals surface area contributed by atoms with Crippen molar-refractivity contribution in [2.24, 2.45) is 10.7 Å². The van der Waals surface area contributed by atoms with Crippen molar-refractivity contribution in [2.45, 2.75) is 12.5 Å². The summed E-state index contributed by atoms with van der Waals surface area (Å²) >= 11 is 0.983. The van der Waals surface area contributed by atoms with Crippen LogP contribution in [-0.4, -0.2) is 41.7 Å². The third-order valence-electron chi connectivity index (χ3n) is 4.53. The monoisotopic (exact) mass is 439 g/mol. The maximum Gasteiger partial charge on any atom is 0.247 e. The topological polar surface area (TPSA) is 115 Å². The van der Waals surface area contributed by atoms with Gasteiger partial charge in [0.2, 0.25) is 28.3 Å². The molecule has 8 nitrogen and oxygen atoms in total. The number of nitrogens with two attached hydrogens (primary N) is 1. The van der Waals surface area contributed by atoms with Gasteiger partial charge >= 0.3 is 0 Å². The van der Waals surface area contributed by atoms with Crippen molar-refractivity contribution in [1.29, 1.82) is 0 Å². The number of nitrogens with zero attached hydrogens (tertiary/aromatic N) is 4.